The van der Waals surface area contributed by atoms with Gasteiger partial charge in [0.2, 0.25) is 0 Å². The minimum atomic E-state index is 0.332. The van der Waals surface area contributed by atoms with E-state index < -0.39 is 0 Å². The SMILES string of the molecule is CC(N)CCC(C)CN. The van der Waals surface area contributed by atoms with Gasteiger partial charge in [-0.15, -0.1) is 0 Å². The van der Waals surface area contributed by atoms with Gasteiger partial charge in [0, 0.05) is 6.04 Å². The Kier molecular flexibility index (Phi) is 4.72. The maximum absolute atomic E-state index is 5.55. The summed E-state index contributed by atoms with van der Waals surface area (Å²) in [6.07, 6.45) is 2.26. The van der Waals surface area contributed by atoms with Crippen LogP contribution in [-0.4, -0.2) is 12.6 Å². The van der Waals surface area contributed by atoms with Crippen LogP contribution in [0.4, 0.5) is 0 Å². The van der Waals surface area contributed by atoms with E-state index in [1.807, 2.05) is 6.92 Å². The Morgan fingerprint density at radius 3 is 2.11 bits per heavy atom. The van der Waals surface area contributed by atoms with Crippen LogP contribution in [0.25, 0.3) is 0 Å². The van der Waals surface area contributed by atoms with Gasteiger partial charge >= 0.3 is 0 Å². The summed E-state index contributed by atoms with van der Waals surface area (Å²) >= 11 is 0. The Bertz CT molecular complexity index is 61.9. The molecule has 9 heavy (non-hydrogen) atoms. The predicted octanol–water partition coefficient (Wildman–Crippen LogP) is 0.709. The van der Waals surface area contributed by atoms with E-state index in [1.54, 1.807) is 0 Å². The van der Waals surface area contributed by atoms with Gasteiger partial charge < -0.3 is 11.5 Å². The molecule has 2 unspecified atom stereocenters. The van der Waals surface area contributed by atoms with Crippen molar-refractivity contribution in [2.45, 2.75) is 32.7 Å². The molecule has 0 aliphatic heterocycles. The van der Waals surface area contributed by atoms with E-state index in [2.05, 4.69) is 6.92 Å². The molecule has 0 aromatic carbocycles. The van der Waals surface area contributed by atoms with Gasteiger partial charge in [0.05, 0.1) is 0 Å². The Balaban J connectivity index is 3.06. The molecule has 0 saturated heterocycles. The average Bonchev–Trinajstić information content (AvgIpc) is 1.83. The fourth-order valence-electron chi connectivity index (χ4n) is 0.665. The van der Waals surface area contributed by atoms with E-state index in [-0.39, 0.29) is 0 Å². The van der Waals surface area contributed by atoms with Crippen LogP contribution in [0.15, 0.2) is 0 Å². The molecule has 0 radical (unpaired) electrons. The van der Waals surface area contributed by atoms with Crippen LogP contribution in [0, 0.1) is 5.92 Å². The summed E-state index contributed by atoms with van der Waals surface area (Å²) < 4.78 is 0. The molecule has 2 heteroatoms. The van der Waals surface area contributed by atoms with Gasteiger partial charge in [-0.2, -0.15) is 0 Å². The van der Waals surface area contributed by atoms with E-state index in [1.165, 1.54) is 0 Å². The maximum Gasteiger partial charge on any atom is 0.00105 e. The molecule has 0 fully saturated rings. The smallest absolute Gasteiger partial charge is 0.00105 e. The zero-order chi connectivity index (χ0) is 7.28. The van der Waals surface area contributed by atoms with E-state index in [0.29, 0.717) is 12.0 Å². The second-order valence-corrected chi connectivity index (χ2v) is 2.90. The van der Waals surface area contributed by atoms with Gasteiger partial charge in [-0.1, -0.05) is 6.92 Å². The normalized spacial score (nSPS) is 17.3. The van der Waals surface area contributed by atoms with Crippen molar-refractivity contribution in [1.29, 1.82) is 0 Å². The van der Waals surface area contributed by atoms with Gasteiger partial charge in [0.25, 0.3) is 0 Å². The summed E-state index contributed by atoms with van der Waals surface area (Å²) in [7, 11) is 0. The topological polar surface area (TPSA) is 52.0 Å². The highest BCUT2D eigenvalue weighted by atomic mass is 14.6. The molecule has 0 aromatic rings. The first-order valence-electron chi connectivity index (χ1n) is 3.62. The molecule has 0 amide bonds. The molecule has 0 aliphatic carbocycles. The second kappa shape index (κ2) is 4.77. The lowest BCUT2D eigenvalue weighted by molar-refractivity contribution is 0.489. The van der Waals surface area contributed by atoms with Crippen LogP contribution in [0.1, 0.15) is 26.7 Å². The molecule has 0 heterocycles. The molecule has 0 aliphatic rings. The van der Waals surface area contributed by atoms with E-state index in [4.69, 9.17) is 11.5 Å². The van der Waals surface area contributed by atoms with Crippen molar-refractivity contribution in [2.24, 2.45) is 17.4 Å². The summed E-state index contributed by atoms with van der Waals surface area (Å²) in [5.41, 5.74) is 11.0. The highest BCUT2D eigenvalue weighted by molar-refractivity contribution is 4.58. The lowest BCUT2D eigenvalue weighted by atomic mass is 10.0. The summed E-state index contributed by atoms with van der Waals surface area (Å²) in [4.78, 5) is 0. The van der Waals surface area contributed by atoms with Crippen molar-refractivity contribution < 1.29 is 0 Å². The van der Waals surface area contributed by atoms with Crippen molar-refractivity contribution in [1.82, 2.24) is 0 Å². The van der Waals surface area contributed by atoms with Crippen molar-refractivity contribution in [3.05, 3.63) is 0 Å². The van der Waals surface area contributed by atoms with E-state index in [9.17, 15) is 0 Å². The number of nitrogens with two attached hydrogens (primary N) is 2. The quantitative estimate of drug-likeness (QED) is 0.589. The number of rotatable bonds is 4. The second-order valence-electron chi connectivity index (χ2n) is 2.90. The van der Waals surface area contributed by atoms with Crippen LogP contribution >= 0.6 is 0 Å². The monoisotopic (exact) mass is 130 g/mol. The number of hydrogen-bond donors (Lipinski definition) is 2. The Labute approximate surface area is 57.6 Å². The van der Waals surface area contributed by atoms with Gasteiger partial charge in [0.1, 0.15) is 0 Å². The van der Waals surface area contributed by atoms with Crippen LogP contribution in [-0.2, 0) is 0 Å². The molecule has 56 valence electrons. The van der Waals surface area contributed by atoms with Crippen molar-refractivity contribution >= 4 is 0 Å². The highest BCUT2D eigenvalue weighted by Crippen LogP contribution is 2.03. The first kappa shape index (κ1) is 8.92. The molecule has 2 atom stereocenters. The highest BCUT2D eigenvalue weighted by Gasteiger charge is 1.99. The van der Waals surface area contributed by atoms with Gasteiger partial charge in [0.15, 0.2) is 0 Å². The fourth-order valence-corrected chi connectivity index (χ4v) is 0.665. The summed E-state index contributed by atoms with van der Waals surface area (Å²) in [6, 6.07) is 0.332. The average molecular weight is 130 g/mol. The summed E-state index contributed by atoms with van der Waals surface area (Å²) in [6.45, 7) is 4.97. The Hall–Kier alpha value is -0.0800. The molecular formula is C7H18N2. The standard InChI is InChI=1S/C7H18N2/c1-6(5-8)3-4-7(2)9/h6-7H,3-5,8-9H2,1-2H3. The summed E-state index contributed by atoms with van der Waals surface area (Å²) in [5, 5.41) is 0. The van der Waals surface area contributed by atoms with Gasteiger partial charge in [-0.05, 0) is 32.2 Å². The first-order valence-corrected chi connectivity index (χ1v) is 3.62. The van der Waals surface area contributed by atoms with Gasteiger partial charge in [-0.25, -0.2) is 0 Å². The van der Waals surface area contributed by atoms with Gasteiger partial charge in [-0.3, -0.25) is 0 Å². The molecule has 0 rings (SSSR count). The Morgan fingerprint density at radius 1 is 1.22 bits per heavy atom. The summed E-state index contributed by atoms with van der Waals surface area (Å²) in [5.74, 6) is 0.635. The zero-order valence-electron chi connectivity index (χ0n) is 6.43. The van der Waals surface area contributed by atoms with Crippen LogP contribution in [0.2, 0.25) is 0 Å². The molecule has 4 N–H and O–H groups in total. The molecular weight excluding hydrogens is 112 g/mol. The molecule has 0 bridgehead atoms. The fraction of sp³-hybridized carbons (Fsp3) is 1.00. The van der Waals surface area contributed by atoms with Crippen LogP contribution < -0.4 is 11.5 Å². The third-order valence-electron chi connectivity index (χ3n) is 1.52. The Morgan fingerprint density at radius 2 is 1.78 bits per heavy atom. The molecule has 2 nitrogen and oxygen atoms in total. The zero-order valence-corrected chi connectivity index (χ0v) is 6.43. The van der Waals surface area contributed by atoms with Crippen LogP contribution in [0.3, 0.4) is 0 Å². The van der Waals surface area contributed by atoms with Crippen LogP contribution in [0.5, 0.6) is 0 Å². The largest absolute Gasteiger partial charge is 0.330 e. The lowest BCUT2D eigenvalue weighted by Crippen LogP contribution is -2.18. The minimum Gasteiger partial charge on any atom is -0.330 e. The molecule has 0 saturated carbocycles. The predicted molar refractivity (Wildman–Crippen MR) is 41.1 cm³/mol. The lowest BCUT2D eigenvalue weighted by Gasteiger charge is -2.09. The third-order valence-corrected chi connectivity index (χ3v) is 1.52. The molecule has 0 aromatic heterocycles. The molecule has 0 spiro atoms. The van der Waals surface area contributed by atoms with E-state index in [0.717, 1.165) is 19.4 Å². The van der Waals surface area contributed by atoms with Crippen molar-refractivity contribution in [3.63, 3.8) is 0 Å². The number of hydrogen-bond acceptors (Lipinski definition) is 2. The maximum atomic E-state index is 5.55. The first-order chi connectivity index (χ1) is 4.16. The van der Waals surface area contributed by atoms with Crippen molar-refractivity contribution in [2.75, 3.05) is 6.54 Å². The minimum absolute atomic E-state index is 0.332. The van der Waals surface area contributed by atoms with Crippen molar-refractivity contribution in [3.8, 4) is 0 Å². The third kappa shape index (κ3) is 5.80. The van der Waals surface area contributed by atoms with E-state index >= 15 is 0 Å².